The molecular formula is C12H20N4O2. The number of hydrazine groups is 1. The molecule has 0 bridgehead atoms. The van der Waals surface area contributed by atoms with Crippen molar-refractivity contribution in [2.45, 2.75) is 38.9 Å². The lowest BCUT2D eigenvalue weighted by Gasteiger charge is -2.21. The summed E-state index contributed by atoms with van der Waals surface area (Å²) in [6, 6.07) is 0. The van der Waals surface area contributed by atoms with Crippen molar-refractivity contribution in [3.05, 3.63) is 17.1 Å². The van der Waals surface area contributed by atoms with E-state index in [2.05, 4.69) is 22.3 Å². The van der Waals surface area contributed by atoms with Crippen molar-refractivity contribution in [3.63, 3.8) is 0 Å². The summed E-state index contributed by atoms with van der Waals surface area (Å²) in [5.74, 6) is 6.87. The van der Waals surface area contributed by atoms with Crippen molar-refractivity contribution in [1.82, 2.24) is 9.97 Å². The number of nitrogen functional groups attached to an aromatic ring is 1. The summed E-state index contributed by atoms with van der Waals surface area (Å²) in [4.78, 5) is 9.04. The van der Waals surface area contributed by atoms with Gasteiger partial charge in [0.25, 0.3) is 0 Å². The van der Waals surface area contributed by atoms with Crippen LogP contribution in [-0.2, 0) is 22.5 Å². The Bertz CT molecular complexity index is 394. The maximum atomic E-state index is 5.52. The van der Waals surface area contributed by atoms with Crippen molar-refractivity contribution >= 4 is 5.82 Å². The smallest absolute Gasteiger partial charge is 0.159 e. The third-order valence-electron chi connectivity index (χ3n) is 3.10. The fourth-order valence-electron chi connectivity index (χ4n) is 2.13. The average Bonchev–Trinajstić information content (AvgIpc) is 2.43. The molecule has 6 nitrogen and oxygen atoms in total. The molecule has 18 heavy (non-hydrogen) atoms. The van der Waals surface area contributed by atoms with E-state index in [0.29, 0.717) is 24.9 Å². The SMILES string of the molecule is CCCC(OC)c1nc2c(c(NN)n1)COCC2. The van der Waals surface area contributed by atoms with E-state index in [-0.39, 0.29) is 6.10 Å². The van der Waals surface area contributed by atoms with Crippen LogP contribution in [0.15, 0.2) is 0 Å². The van der Waals surface area contributed by atoms with Crippen LogP contribution in [0.3, 0.4) is 0 Å². The Morgan fingerprint density at radius 3 is 3.00 bits per heavy atom. The highest BCUT2D eigenvalue weighted by Gasteiger charge is 2.21. The molecule has 0 amide bonds. The van der Waals surface area contributed by atoms with Crippen molar-refractivity contribution in [2.75, 3.05) is 19.1 Å². The molecule has 3 N–H and O–H groups in total. The van der Waals surface area contributed by atoms with E-state index in [1.807, 2.05) is 0 Å². The van der Waals surface area contributed by atoms with Crippen LogP contribution in [0.5, 0.6) is 0 Å². The van der Waals surface area contributed by atoms with E-state index < -0.39 is 0 Å². The topological polar surface area (TPSA) is 82.3 Å². The summed E-state index contributed by atoms with van der Waals surface area (Å²) in [5.41, 5.74) is 4.60. The second kappa shape index (κ2) is 6.08. The number of hydrogen-bond donors (Lipinski definition) is 2. The van der Waals surface area contributed by atoms with E-state index in [0.717, 1.165) is 30.5 Å². The number of fused-ring (bicyclic) bond motifs is 1. The van der Waals surface area contributed by atoms with Gasteiger partial charge in [-0.15, -0.1) is 0 Å². The maximum absolute atomic E-state index is 5.52. The summed E-state index contributed by atoms with van der Waals surface area (Å²) >= 11 is 0. The van der Waals surface area contributed by atoms with Crippen LogP contribution < -0.4 is 11.3 Å². The number of nitrogens with zero attached hydrogens (tertiary/aromatic N) is 2. The first-order valence-electron chi connectivity index (χ1n) is 6.27. The van der Waals surface area contributed by atoms with Gasteiger partial charge in [-0.05, 0) is 6.42 Å². The molecule has 0 fully saturated rings. The summed E-state index contributed by atoms with van der Waals surface area (Å²) in [6.07, 6.45) is 2.64. The van der Waals surface area contributed by atoms with Gasteiger partial charge in [-0.3, -0.25) is 0 Å². The molecule has 1 aromatic heterocycles. The van der Waals surface area contributed by atoms with Crippen LogP contribution in [0.1, 0.15) is 43.0 Å². The minimum absolute atomic E-state index is 0.0738. The van der Waals surface area contributed by atoms with Gasteiger partial charge < -0.3 is 14.9 Å². The zero-order valence-corrected chi connectivity index (χ0v) is 10.9. The van der Waals surface area contributed by atoms with Gasteiger partial charge in [-0.25, -0.2) is 15.8 Å². The van der Waals surface area contributed by atoms with E-state index in [9.17, 15) is 0 Å². The average molecular weight is 252 g/mol. The van der Waals surface area contributed by atoms with Crippen molar-refractivity contribution in [2.24, 2.45) is 5.84 Å². The zero-order valence-electron chi connectivity index (χ0n) is 10.9. The van der Waals surface area contributed by atoms with E-state index in [1.54, 1.807) is 7.11 Å². The first-order valence-corrected chi connectivity index (χ1v) is 6.27. The lowest BCUT2D eigenvalue weighted by Crippen LogP contribution is -2.21. The molecule has 0 aliphatic carbocycles. The van der Waals surface area contributed by atoms with Crippen molar-refractivity contribution in [1.29, 1.82) is 0 Å². The fraction of sp³-hybridized carbons (Fsp3) is 0.667. The van der Waals surface area contributed by atoms with E-state index in [1.165, 1.54) is 0 Å². The number of methoxy groups -OCH3 is 1. The summed E-state index contributed by atoms with van der Waals surface area (Å²) in [6.45, 7) is 3.32. The predicted octanol–water partition coefficient (Wildman–Crippen LogP) is 1.32. The van der Waals surface area contributed by atoms with E-state index in [4.69, 9.17) is 15.3 Å². The lowest BCUT2D eigenvalue weighted by atomic mass is 10.1. The second-order valence-corrected chi connectivity index (χ2v) is 4.32. The Hall–Kier alpha value is -1.24. The predicted molar refractivity (Wildman–Crippen MR) is 67.9 cm³/mol. The Kier molecular flexibility index (Phi) is 4.46. The number of ether oxygens (including phenoxy) is 2. The Labute approximate surface area is 107 Å². The van der Waals surface area contributed by atoms with Gasteiger partial charge in [0, 0.05) is 19.1 Å². The molecule has 2 heterocycles. The minimum Gasteiger partial charge on any atom is -0.376 e. The number of anilines is 1. The Balaban J connectivity index is 2.36. The highest BCUT2D eigenvalue weighted by Crippen LogP contribution is 2.26. The quantitative estimate of drug-likeness (QED) is 0.607. The molecule has 1 aromatic rings. The molecule has 100 valence electrons. The molecule has 0 aromatic carbocycles. The second-order valence-electron chi connectivity index (χ2n) is 4.32. The van der Waals surface area contributed by atoms with Crippen LogP contribution in [-0.4, -0.2) is 23.7 Å². The van der Waals surface area contributed by atoms with Crippen LogP contribution in [0.2, 0.25) is 0 Å². The van der Waals surface area contributed by atoms with Crippen molar-refractivity contribution < 1.29 is 9.47 Å². The van der Waals surface area contributed by atoms with Gasteiger partial charge >= 0.3 is 0 Å². The molecular weight excluding hydrogens is 232 g/mol. The fourth-order valence-corrected chi connectivity index (χ4v) is 2.13. The molecule has 0 spiro atoms. The molecule has 1 atom stereocenters. The molecule has 0 saturated carbocycles. The van der Waals surface area contributed by atoms with Crippen molar-refractivity contribution in [3.8, 4) is 0 Å². The number of hydrogen-bond acceptors (Lipinski definition) is 6. The zero-order chi connectivity index (χ0) is 13.0. The summed E-state index contributed by atoms with van der Waals surface area (Å²) < 4.78 is 10.8. The molecule has 0 radical (unpaired) electrons. The largest absolute Gasteiger partial charge is 0.376 e. The Morgan fingerprint density at radius 2 is 2.33 bits per heavy atom. The molecule has 1 unspecified atom stereocenters. The molecule has 2 rings (SSSR count). The lowest BCUT2D eigenvalue weighted by molar-refractivity contribution is 0.0851. The van der Waals surface area contributed by atoms with Gasteiger partial charge in [0.1, 0.15) is 11.9 Å². The van der Waals surface area contributed by atoms with Gasteiger partial charge in [-0.2, -0.15) is 0 Å². The minimum atomic E-state index is -0.0738. The van der Waals surface area contributed by atoms with Gasteiger partial charge in [0.15, 0.2) is 5.82 Å². The highest BCUT2D eigenvalue weighted by atomic mass is 16.5. The standard InChI is InChI=1S/C12H20N4O2/c1-3-4-10(17-2)12-14-9-5-6-18-7-8(9)11(15-12)16-13/h10H,3-7,13H2,1-2H3,(H,14,15,16). The summed E-state index contributed by atoms with van der Waals surface area (Å²) in [5, 5.41) is 0. The highest BCUT2D eigenvalue weighted by molar-refractivity contribution is 5.46. The number of aromatic nitrogens is 2. The number of rotatable bonds is 5. The maximum Gasteiger partial charge on any atom is 0.159 e. The first kappa shape index (κ1) is 13.2. The van der Waals surface area contributed by atoms with Crippen LogP contribution in [0, 0.1) is 0 Å². The molecule has 6 heteroatoms. The van der Waals surface area contributed by atoms with Gasteiger partial charge in [-0.1, -0.05) is 13.3 Å². The van der Waals surface area contributed by atoms with Crippen LogP contribution >= 0.6 is 0 Å². The van der Waals surface area contributed by atoms with Gasteiger partial charge in [0.05, 0.1) is 18.9 Å². The number of nitrogens with two attached hydrogens (primary N) is 1. The monoisotopic (exact) mass is 252 g/mol. The summed E-state index contributed by atoms with van der Waals surface area (Å²) in [7, 11) is 1.68. The van der Waals surface area contributed by atoms with Crippen LogP contribution in [0.25, 0.3) is 0 Å². The number of nitrogens with one attached hydrogen (secondary N) is 1. The third kappa shape index (κ3) is 2.60. The first-order chi connectivity index (χ1) is 8.80. The molecule has 0 saturated heterocycles. The molecule has 1 aliphatic heterocycles. The van der Waals surface area contributed by atoms with E-state index >= 15 is 0 Å². The van der Waals surface area contributed by atoms with Gasteiger partial charge in [0.2, 0.25) is 0 Å². The van der Waals surface area contributed by atoms with Crippen LogP contribution in [0.4, 0.5) is 5.82 Å². The molecule has 1 aliphatic rings. The third-order valence-corrected chi connectivity index (χ3v) is 3.10. The Morgan fingerprint density at radius 1 is 1.50 bits per heavy atom. The normalized spacial score (nSPS) is 16.2.